The first-order chi connectivity index (χ1) is 14.5. The third kappa shape index (κ3) is 3.57. The molecule has 0 radical (unpaired) electrons. The Hall–Kier alpha value is -3.51. The Labute approximate surface area is 177 Å². The Bertz CT molecular complexity index is 1180. The summed E-state index contributed by atoms with van der Waals surface area (Å²) in [6.45, 7) is 4.04. The molecular weight excluding hydrogens is 400 g/mol. The summed E-state index contributed by atoms with van der Waals surface area (Å²) in [6.07, 6.45) is 7.24. The van der Waals surface area contributed by atoms with E-state index in [-0.39, 0.29) is 5.69 Å². The van der Waals surface area contributed by atoms with E-state index in [1.54, 1.807) is 17.6 Å². The topological polar surface area (TPSA) is 109 Å². The van der Waals surface area contributed by atoms with E-state index in [9.17, 15) is 15.4 Å². The van der Waals surface area contributed by atoms with Crippen molar-refractivity contribution in [3.8, 4) is 11.1 Å². The predicted molar refractivity (Wildman–Crippen MR) is 117 cm³/mol. The zero-order valence-corrected chi connectivity index (χ0v) is 17.5. The highest BCUT2D eigenvalue weighted by atomic mass is 32.1. The summed E-state index contributed by atoms with van der Waals surface area (Å²) in [5, 5.41) is 25.7. The SMILES string of the molecule is Cc1cc(/C=N\Nc2ccc([N+](=O)[O-])cn2)c(C)n1-c1sc2c(c1C#N)CCCC2. The number of nitrogens with zero attached hydrogens (tertiary/aromatic N) is 5. The molecule has 0 aliphatic heterocycles. The lowest BCUT2D eigenvalue weighted by atomic mass is 9.96. The van der Waals surface area contributed by atoms with Crippen LogP contribution in [0.5, 0.6) is 0 Å². The van der Waals surface area contributed by atoms with Crippen molar-refractivity contribution >= 4 is 29.1 Å². The Kier molecular flexibility index (Phi) is 5.33. The van der Waals surface area contributed by atoms with Gasteiger partial charge in [-0.25, -0.2) is 4.98 Å². The van der Waals surface area contributed by atoms with Crippen LogP contribution in [0.2, 0.25) is 0 Å². The summed E-state index contributed by atoms with van der Waals surface area (Å²) < 4.78 is 2.13. The summed E-state index contributed by atoms with van der Waals surface area (Å²) >= 11 is 1.72. The summed E-state index contributed by atoms with van der Waals surface area (Å²) in [7, 11) is 0. The number of nitrogens with one attached hydrogen (secondary N) is 1. The second-order valence-electron chi connectivity index (χ2n) is 7.19. The average molecular weight is 420 g/mol. The maximum absolute atomic E-state index is 10.7. The van der Waals surface area contributed by atoms with Gasteiger partial charge < -0.3 is 4.57 Å². The van der Waals surface area contributed by atoms with Crippen LogP contribution >= 0.6 is 11.3 Å². The lowest BCUT2D eigenvalue weighted by Gasteiger charge is -2.10. The van der Waals surface area contributed by atoms with Crippen LogP contribution in [0.15, 0.2) is 29.5 Å². The number of anilines is 1. The van der Waals surface area contributed by atoms with E-state index in [2.05, 4.69) is 26.1 Å². The maximum atomic E-state index is 10.7. The van der Waals surface area contributed by atoms with Gasteiger partial charge in [0.25, 0.3) is 5.69 Å². The van der Waals surface area contributed by atoms with Crippen molar-refractivity contribution in [2.75, 3.05) is 5.43 Å². The molecule has 0 spiro atoms. The van der Waals surface area contributed by atoms with Gasteiger partial charge in [0.15, 0.2) is 0 Å². The van der Waals surface area contributed by atoms with Crippen molar-refractivity contribution < 1.29 is 4.92 Å². The Morgan fingerprint density at radius 3 is 2.87 bits per heavy atom. The number of aromatic nitrogens is 2. The lowest BCUT2D eigenvalue weighted by molar-refractivity contribution is -0.385. The van der Waals surface area contributed by atoms with Gasteiger partial charge in [0, 0.05) is 27.9 Å². The van der Waals surface area contributed by atoms with Crippen molar-refractivity contribution in [1.29, 1.82) is 5.26 Å². The molecule has 1 aliphatic carbocycles. The van der Waals surface area contributed by atoms with Gasteiger partial charge in [-0.05, 0) is 57.2 Å². The standard InChI is InChI=1S/C21H20N6O2S/c1-13-9-15(11-24-25-20-8-7-16(12-23-20)27(28)29)14(2)26(13)21-18(10-22)17-5-3-4-6-19(17)30-21/h7-9,11-12H,3-6H2,1-2H3,(H,23,25)/b24-11-. The van der Waals surface area contributed by atoms with Crippen LogP contribution in [0.3, 0.4) is 0 Å². The molecule has 1 N–H and O–H groups in total. The number of hydrogen-bond donors (Lipinski definition) is 1. The van der Waals surface area contributed by atoms with E-state index in [1.165, 1.54) is 35.2 Å². The molecule has 3 heterocycles. The zero-order valence-electron chi connectivity index (χ0n) is 16.7. The smallest absolute Gasteiger partial charge is 0.287 e. The third-order valence-corrected chi connectivity index (χ3v) is 6.56. The van der Waals surface area contributed by atoms with Crippen molar-refractivity contribution in [3.63, 3.8) is 0 Å². The van der Waals surface area contributed by atoms with Gasteiger partial charge in [0.2, 0.25) is 0 Å². The van der Waals surface area contributed by atoms with E-state index in [0.29, 0.717) is 5.82 Å². The first-order valence-electron chi connectivity index (χ1n) is 9.63. The van der Waals surface area contributed by atoms with Gasteiger partial charge in [-0.1, -0.05) is 0 Å². The summed E-state index contributed by atoms with van der Waals surface area (Å²) in [5.74, 6) is 0.420. The van der Waals surface area contributed by atoms with Crippen LogP contribution in [0.1, 0.15) is 45.8 Å². The zero-order chi connectivity index (χ0) is 21.3. The molecule has 0 aromatic carbocycles. The van der Waals surface area contributed by atoms with Crippen LogP contribution in [-0.2, 0) is 12.8 Å². The molecule has 0 unspecified atom stereocenters. The van der Waals surface area contributed by atoms with Crippen molar-refractivity contribution in [1.82, 2.24) is 9.55 Å². The number of hydrogen-bond acceptors (Lipinski definition) is 7. The largest absolute Gasteiger partial charge is 0.308 e. The summed E-state index contributed by atoms with van der Waals surface area (Å²) in [5.41, 5.74) is 7.72. The molecule has 0 fully saturated rings. The molecule has 0 bridgehead atoms. The molecule has 0 atom stereocenters. The highest BCUT2D eigenvalue weighted by Crippen LogP contribution is 2.38. The van der Waals surface area contributed by atoms with E-state index < -0.39 is 4.92 Å². The molecule has 9 heteroatoms. The molecule has 152 valence electrons. The van der Waals surface area contributed by atoms with E-state index in [1.807, 2.05) is 19.9 Å². The third-order valence-electron chi connectivity index (χ3n) is 5.28. The van der Waals surface area contributed by atoms with Crippen molar-refractivity contribution in [2.24, 2.45) is 5.10 Å². The second kappa shape index (κ2) is 8.08. The number of nitriles is 1. The minimum Gasteiger partial charge on any atom is -0.308 e. The minimum atomic E-state index is -0.493. The van der Waals surface area contributed by atoms with Crippen molar-refractivity contribution in [2.45, 2.75) is 39.5 Å². The lowest BCUT2D eigenvalue weighted by Crippen LogP contribution is -2.02. The molecule has 30 heavy (non-hydrogen) atoms. The fourth-order valence-electron chi connectivity index (χ4n) is 3.78. The Balaban J connectivity index is 1.60. The highest BCUT2D eigenvalue weighted by Gasteiger charge is 2.23. The van der Waals surface area contributed by atoms with Crippen LogP contribution in [0.25, 0.3) is 5.00 Å². The van der Waals surface area contributed by atoms with Gasteiger partial charge in [-0.15, -0.1) is 11.3 Å². The number of pyridine rings is 1. The first-order valence-corrected chi connectivity index (χ1v) is 10.4. The molecule has 1 aliphatic rings. The molecule has 0 saturated carbocycles. The first kappa shape index (κ1) is 19.8. The highest BCUT2D eigenvalue weighted by molar-refractivity contribution is 7.15. The fraction of sp³-hybridized carbons (Fsp3) is 0.286. The predicted octanol–water partition coefficient (Wildman–Crippen LogP) is 4.66. The molecule has 4 rings (SSSR count). The molecule has 0 saturated heterocycles. The van der Waals surface area contributed by atoms with Gasteiger partial charge >= 0.3 is 0 Å². The Morgan fingerprint density at radius 1 is 1.37 bits per heavy atom. The van der Waals surface area contributed by atoms with Gasteiger partial charge in [-0.3, -0.25) is 15.5 Å². The quantitative estimate of drug-likeness (QED) is 0.367. The molecule has 3 aromatic rings. The maximum Gasteiger partial charge on any atom is 0.287 e. The normalized spacial score (nSPS) is 13.2. The number of fused-ring (bicyclic) bond motifs is 1. The molecule has 0 amide bonds. The summed E-state index contributed by atoms with van der Waals surface area (Å²) in [4.78, 5) is 15.5. The van der Waals surface area contributed by atoms with Crippen LogP contribution < -0.4 is 5.43 Å². The fourth-order valence-corrected chi connectivity index (χ4v) is 5.23. The van der Waals surface area contributed by atoms with E-state index in [0.717, 1.165) is 46.8 Å². The van der Waals surface area contributed by atoms with E-state index in [4.69, 9.17) is 0 Å². The number of aryl methyl sites for hydroxylation is 2. The monoisotopic (exact) mass is 420 g/mol. The number of thiophene rings is 1. The van der Waals surface area contributed by atoms with Crippen LogP contribution in [0.4, 0.5) is 11.5 Å². The van der Waals surface area contributed by atoms with Crippen LogP contribution in [-0.4, -0.2) is 20.7 Å². The number of nitro groups is 1. The Morgan fingerprint density at radius 2 is 2.17 bits per heavy atom. The van der Waals surface area contributed by atoms with Crippen LogP contribution in [0, 0.1) is 35.3 Å². The van der Waals surface area contributed by atoms with Gasteiger partial charge in [0.05, 0.1) is 16.7 Å². The van der Waals surface area contributed by atoms with Gasteiger partial charge in [0.1, 0.15) is 23.1 Å². The molecule has 3 aromatic heterocycles. The minimum absolute atomic E-state index is 0.0694. The molecular formula is C21H20N6O2S. The number of hydrazone groups is 1. The van der Waals surface area contributed by atoms with Crippen molar-refractivity contribution in [3.05, 3.63) is 67.5 Å². The average Bonchev–Trinajstić information content (AvgIpc) is 3.24. The van der Waals surface area contributed by atoms with E-state index >= 15 is 0 Å². The second-order valence-corrected chi connectivity index (χ2v) is 8.28. The molecule has 8 nitrogen and oxygen atoms in total. The number of rotatable bonds is 5. The summed E-state index contributed by atoms with van der Waals surface area (Å²) in [6, 6.07) is 7.34. The van der Waals surface area contributed by atoms with Gasteiger partial charge in [-0.2, -0.15) is 10.4 Å².